The molecule has 5 N–H and O–H groups in total. The fourth-order valence-corrected chi connectivity index (χ4v) is 6.70. The van der Waals surface area contributed by atoms with Crippen LogP contribution in [-0.4, -0.2) is 32.6 Å². The van der Waals surface area contributed by atoms with Gasteiger partial charge in [-0.15, -0.1) is 0 Å². The summed E-state index contributed by atoms with van der Waals surface area (Å²) in [4.78, 5) is 29.6. The number of carbonyl (C=O) groups excluding carboxylic acids is 2. The molecular formula is C43H43N5O5. The first-order chi connectivity index (χ1) is 25.9. The van der Waals surface area contributed by atoms with Gasteiger partial charge in [-0.2, -0.15) is 0 Å². The fourth-order valence-electron chi connectivity index (χ4n) is 6.70. The third kappa shape index (κ3) is 8.81. The molecule has 2 amide bonds. The van der Waals surface area contributed by atoms with Gasteiger partial charge in [-0.3, -0.25) is 9.59 Å². The molecule has 270 valence electrons. The Morgan fingerprint density at radius 2 is 1.53 bits per heavy atom. The number of nitrogens with one attached hydrogen (secondary N) is 2. The van der Waals surface area contributed by atoms with Crippen LogP contribution in [0.5, 0.6) is 0 Å². The maximum absolute atomic E-state index is 12.7. The third-order valence-electron chi connectivity index (χ3n) is 9.57. The zero-order chi connectivity index (χ0) is 36.6. The fraction of sp³-hybridized carbons (Fsp3) is 0.233. The molecule has 1 saturated heterocycles. The van der Waals surface area contributed by atoms with Crippen LogP contribution in [0, 0.1) is 0 Å². The van der Waals surface area contributed by atoms with E-state index < -0.39 is 6.29 Å². The van der Waals surface area contributed by atoms with Gasteiger partial charge in [0.15, 0.2) is 6.29 Å². The second-order valence-electron chi connectivity index (χ2n) is 13.3. The Labute approximate surface area is 308 Å². The van der Waals surface area contributed by atoms with E-state index in [1.807, 2.05) is 97.3 Å². The van der Waals surface area contributed by atoms with E-state index in [2.05, 4.69) is 38.4 Å². The van der Waals surface area contributed by atoms with E-state index >= 15 is 0 Å². The molecule has 1 aliphatic heterocycles. The van der Waals surface area contributed by atoms with Crippen molar-refractivity contribution < 1.29 is 24.2 Å². The van der Waals surface area contributed by atoms with E-state index in [0.29, 0.717) is 37.3 Å². The summed E-state index contributed by atoms with van der Waals surface area (Å²) in [6.45, 7) is 0.973. The number of aliphatic hydroxyl groups is 1. The van der Waals surface area contributed by atoms with Gasteiger partial charge in [0.1, 0.15) is 0 Å². The highest BCUT2D eigenvalue weighted by atomic mass is 16.7. The molecule has 2 heterocycles. The van der Waals surface area contributed by atoms with Crippen molar-refractivity contribution in [2.75, 3.05) is 11.1 Å². The number of para-hydroxylation sites is 4. The van der Waals surface area contributed by atoms with Gasteiger partial charge in [-0.1, -0.05) is 97.1 Å². The number of nitrogen functional groups attached to an aromatic ring is 1. The van der Waals surface area contributed by atoms with Crippen molar-refractivity contribution in [1.82, 2.24) is 14.9 Å². The van der Waals surface area contributed by atoms with Gasteiger partial charge < -0.3 is 35.5 Å². The summed E-state index contributed by atoms with van der Waals surface area (Å²) in [5.41, 5.74) is 14.8. The normalized spacial score (nSPS) is 17.0. The number of amides is 2. The van der Waals surface area contributed by atoms with Crippen molar-refractivity contribution in [3.05, 3.63) is 150 Å². The number of aromatic nitrogens is 2. The first-order valence-electron chi connectivity index (χ1n) is 17.9. The predicted molar refractivity (Wildman–Crippen MR) is 205 cm³/mol. The quantitative estimate of drug-likeness (QED) is 0.0914. The summed E-state index contributed by atoms with van der Waals surface area (Å²) in [5.74, 6) is -0.296. The van der Waals surface area contributed by atoms with Crippen molar-refractivity contribution >= 4 is 34.2 Å². The summed E-state index contributed by atoms with van der Waals surface area (Å²) in [5, 5.41) is 15.4. The number of ether oxygens (including phenoxy) is 2. The molecule has 6 aromatic rings. The Bertz CT molecular complexity index is 2160. The molecule has 7 rings (SSSR count). The zero-order valence-corrected chi connectivity index (χ0v) is 29.4. The molecule has 10 heteroatoms. The number of rotatable bonds is 13. The van der Waals surface area contributed by atoms with E-state index in [1.165, 1.54) is 0 Å². The lowest BCUT2D eigenvalue weighted by molar-refractivity contribution is -0.252. The van der Waals surface area contributed by atoms with Crippen molar-refractivity contribution in [2.45, 2.75) is 63.9 Å². The number of carbonyl (C=O) groups is 2. The van der Waals surface area contributed by atoms with Crippen LogP contribution < -0.4 is 16.4 Å². The molecule has 53 heavy (non-hydrogen) atoms. The number of imidazole rings is 1. The maximum atomic E-state index is 12.7. The average Bonchev–Trinajstić information content (AvgIpc) is 3.60. The van der Waals surface area contributed by atoms with Crippen LogP contribution in [-0.2, 0) is 38.8 Å². The Balaban J connectivity index is 1.00. The monoisotopic (exact) mass is 709 g/mol. The van der Waals surface area contributed by atoms with Crippen molar-refractivity contribution in [1.29, 1.82) is 0 Å². The van der Waals surface area contributed by atoms with Crippen LogP contribution in [0.4, 0.5) is 11.4 Å². The Hall–Kier alpha value is -5.81. The van der Waals surface area contributed by atoms with Crippen LogP contribution in [0.2, 0.25) is 0 Å². The summed E-state index contributed by atoms with van der Waals surface area (Å²) >= 11 is 0. The zero-order valence-electron chi connectivity index (χ0n) is 29.4. The van der Waals surface area contributed by atoms with Crippen LogP contribution in [0.25, 0.3) is 22.2 Å². The number of fused-ring (bicyclic) bond motifs is 1. The minimum absolute atomic E-state index is 0.0120. The minimum atomic E-state index is -0.596. The SMILES string of the molecule is Nc1ccccc1NC(=O)CCCC(=O)NCc1ccccc1-c1ccc([C@@H]2O[C@H](Cn3cnc4ccccc43)C[C@H](c3ccc(CO)cc3)O2)cc1. The van der Waals surface area contributed by atoms with Crippen molar-refractivity contribution in [2.24, 2.45) is 0 Å². The lowest BCUT2D eigenvalue weighted by Gasteiger charge is -2.36. The molecule has 0 unspecified atom stereocenters. The number of aliphatic hydroxyl groups excluding tert-OH is 1. The molecule has 3 atom stereocenters. The number of hydrogen-bond acceptors (Lipinski definition) is 7. The van der Waals surface area contributed by atoms with Crippen LogP contribution in [0.1, 0.15) is 60.3 Å². The summed E-state index contributed by atoms with van der Waals surface area (Å²) in [6, 6.07) is 39.2. The first-order valence-corrected chi connectivity index (χ1v) is 17.9. The van der Waals surface area contributed by atoms with Gasteiger partial charge in [0, 0.05) is 31.4 Å². The Morgan fingerprint density at radius 3 is 2.34 bits per heavy atom. The lowest BCUT2D eigenvalue weighted by atomic mass is 9.97. The number of benzene rings is 5. The van der Waals surface area contributed by atoms with E-state index in [0.717, 1.165) is 44.4 Å². The van der Waals surface area contributed by atoms with Crippen LogP contribution in [0.3, 0.4) is 0 Å². The molecule has 0 saturated carbocycles. The summed E-state index contributed by atoms with van der Waals surface area (Å²) < 4.78 is 15.3. The highest BCUT2D eigenvalue weighted by Crippen LogP contribution is 2.39. The molecule has 0 radical (unpaired) electrons. The smallest absolute Gasteiger partial charge is 0.224 e. The first kappa shape index (κ1) is 35.6. The van der Waals surface area contributed by atoms with E-state index in [9.17, 15) is 14.7 Å². The van der Waals surface area contributed by atoms with Crippen molar-refractivity contribution in [3.8, 4) is 11.1 Å². The van der Waals surface area contributed by atoms with Gasteiger partial charge in [0.2, 0.25) is 11.8 Å². The Morgan fingerprint density at radius 1 is 0.811 bits per heavy atom. The molecule has 1 aromatic heterocycles. The van der Waals surface area contributed by atoms with Crippen molar-refractivity contribution in [3.63, 3.8) is 0 Å². The molecule has 0 aliphatic carbocycles. The molecular weight excluding hydrogens is 667 g/mol. The van der Waals surface area contributed by atoms with E-state index in [-0.39, 0.29) is 43.5 Å². The highest BCUT2D eigenvalue weighted by Gasteiger charge is 2.32. The third-order valence-corrected chi connectivity index (χ3v) is 9.57. The molecule has 1 aliphatic rings. The number of anilines is 2. The minimum Gasteiger partial charge on any atom is -0.397 e. The highest BCUT2D eigenvalue weighted by molar-refractivity contribution is 5.94. The standard InChI is InChI=1S/C43H43N5O5/c44-36-10-3-4-11-37(36)47-42(51)15-7-14-41(50)45-25-33-8-1-2-9-35(33)30-20-22-32(23-21-30)43-52-34(26-48-28-46-38-12-5-6-13-39(38)48)24-40(53-43)31-18-16-29(27-49)17-19-31/h1-6,8-13,16-23,28,34,40,43,49H,7,14-15,24-27,44H2,(H,45,50)(H,47,51)/t34-,40+,43+/m0/s1. The Kier molecular flexibility index (Phi) is 11.2. The van der Waals surface area contributed by atoms with Gasteiger partial charge >= 0.3 is 0 Å². The second kappa shape index (κ2) is 16.7. The van der Waals surface area contributed by atoms with Crippen LogP contribution >= 0.6 is 0 Å². The van der Waals surface area contributed by atoms with Gasteiger partial charge in [0.05, 0.1) is 54.1 Å². The van der Waals surface area contributed by atoms with Gasteiger partial charge in [0.25, 0.3) is 0 Å². The largest absolute Gasteiger partial charge is 0.397 e. The van der Waals surface area contributed by atoms with Crippen LogP contribution in [0.15, 0.2) is 128 Å². The summed E-state index contributed by atoms with van der Waals surface area (Å²) in [7, 11) is 0. The van der Waals surface area contributed by atoms with Gasteiger partial charge in [-0.05, 0) is 58.5 Å². The molecule has 10 nitrogen and oxygen atoms in total. The van der Waals surface area contributed by atoms with E-state index in [1.54, 1.807) is 12.1 Å². The van der Waals surface area contributed by atoms with E-state index in [4.69, 9.17) is 15.2 Å². The summed E-state index contributed by atoms with van der Waals surface area (Å²) in [6.07, 6.45) is 2.46. The number of hydrogen-bond donors (Lipinski definition) is 4. The average molecular weight is 710 g/mol. The number of nitrogens with two attached hydrogens (primary N) is 1. The lowest BCUT2D eigenvalue weighted by Crippen LogP contribution is -2.32. The molecule has 1 fully saturated rings. The molecule has 0 bridgehead atoms. The topological polar surface area (TPSA) is 141 Å². The molecule has 5 aromatic carbocycles. The maximum Gasteiger partial charge on any atom is 0.224 e. The van der Waals surface area contributed by atoms with Gasteiger partial charge in [-0.25, -0.2) is 4.98 Å². The molecule has 0 spiro atoms. The second-order valence-corrected chi connectivity index (χ2v) is 13.3. The predicted octanol–water partition coefficient (Wildman–Crippen LogP) is 7.45. The number of nitrogens with zero attached hydrogens (tertiary/aromatic N) is 2.